The van der Waals surface area contributed by atoms with Gasteiger partial charge in [0.15, 0.2) is 5.71 Å². The highest BCUT2D eigenvalue weighted by molar-refractivity contribution is 7.85. The van der Waals surface area contributed by atoms with E-state index in [9.17, 15) is 27.4 Å². The first-order chi connectivity index (χ1) is 34.8. The second-order valence-corrected chi connectivity index (χ2v) is 23.3. The van der Waals surface area contributed by atoms with Crippen LogP contribution in [0.15, 0.2) is 121 Å². The van der Waals surface area contributed by atoms with Gasteiger partial charge < -0.3 is 34.4 Å². The molecule has 394 valence electrons. The molecule has 9 rings (SSSR count). The van der Waals surface area contributed by atoms with Crippen molar-refractivity contribution >= 4 is 56.2 Å². The molecule has 0 aliphatic carbocycles. The third-order valence-corrected chi connectivity index (χ3v) is 16.7. The maximum atomic E-state index is 13.3. The van der Waals surface area contributed by atoms with Gasteiger partial charge in [0.05, 0.1) is 46.9 Å². The molecule has 2 bridgehead atoms. The summed E-state index contributed by atoms with van der Waals surface area (Å²) in [5, 5.41) is 8.61. The zero-order valence-electron chi connectivity index (χ0n) is 43.6. The Morgan fingerprint density at radius 3 is 2.18 bits per heavy atom. The van der Waals surface area contributed by atoms with Gasteiger partial charge in [-0.1, -0.05) is 82.3 Å². The number of hydrogen-bond acceptors (Lipinski definition) is 8. The maximum absolute atomic E-state index is 13.3. The topological polar surface area (TPSA) is 164 Å². The van der Waals surface area contributed by atoms with Crippen molar-refractivity contribution in [3.8, 4) is 0 Å². The Morgan fingerprint density at radius 1 is 0.811 bits per heavy atom. The zero-order chi connectivity index (χ0) is 52.0. The largest absolute Gasteiger partial charge is 0.748 e. The molecule has 5 aliphatic rings. The number of hydrogen-bond donors (Lipinski definition) is 3. The van der Waals surface area contributed by atoms with Crippen LogP contribution < -0.4 is 20.9 Å². The van der Waals surface area contributed by atoms with E-state index in [0.29, 0.717) is 37.2 Å². The number of unbranched alkanes of at least 4 members (excludes halogenated alkanes) is 2. The molecule has 6 heterocycles. The minimum Gasteiger partial charge on any atom is -0.748 e. The number of aromatic nitrogens is 1. The van der Waals surface area contributed by atoms with E-state index in [0.717, 1.165) is 59.0 Å². The number of benzene rings is 3. The standard InChI is InChI=1S/C58H72N8O6S.CH4/c1-57(2)47-15-9-11-17-50(47)63(5)52(57)28-23-44(24-29-53-58(3,4)48-16-10-12-18-51(48)64(53)32-14-40-73(70,71)72)49-27-22-45(41-60-49)56(69)59-31-13-7-8-19-54(67)61-42-55(68)62-46-25-20-43(21-26-46)30-33-66-37-34-65(6,35-38-66)36-39-66;/h9-12,15-18,20-29,41H,7-8,13-14,19,30-40,42H2,1-6H3,(H-3,59,61,62,67,68,69,70,71,72);1H4/p+2. The van der Waals surface area contributed by atoms with E-state index < -0.39 is 21.3 Å². The summed E-state index contributed by atoms with van der Waals surface area (Å²) in [6.07, 6.45) is 13.4. The van der Waals surface area contributed by atoms with Gasteiger partial charge in [-0.3, -0.25) is 19.4 Å². The van der Waals surface area contributed by atoms with Gasteiger partial charge in [-0.25, -0.2) is 8.42 Å². The molecule has 74 heavy (non-hydrogen) atoms. The molecule has 0 atom stereocenters. The van der Waals surface area contributed by atoms with Crippen LogP contribution in [0.1, 0.15) is 100.0 Å². The molecule has 1 aromatic heterocycles. The molecule has 4 aromatic rings. The van der Waals surface area contributed by atoms with Gasteiger partial charge >= 0.3 is 0 Å². The quantitative estimate of drug-likeness (QED) is 0.0250. The number of piperazine rings is 3. The van der Waals surface area contributed by atoms with Crippen molar-refractivity contribution in [2.24, 2.45) is 0 Å². The molecule has 5 aliphatic heterocycles. The lowest BCUT2D eigenvalue weighted by atomic mass is 9.81. The van der Waals surface area contributed by atoms with E-state index in [1.54, 1.807) is 12.3 Å². The fraction of sp³-hybridized carbons (Fsp3) is 0.441. The highest BCUT2D eigenvalue weighted by atomic mass is 32.2. The van der Waals surface area contributed by atoms with Crippen LogP contribution in [0.3, 0.4) is 0 Å². The summed E-state index contributed by atoms with van der Waals surface area (Å²) in [5.41, 5.74) is 9.70. The number of fused-ring (bicyclic) bond motifs is 5. The average molecular weight is 1030 g/mol. The lowest BCUT2D eigenvalue weighted by Crippen LogP contribution is -2.73. The summed E-state index contributed by atoms with van der Waals surface area (Å²) in [6, 6.07) is 28.1. The van der Waals surface area contributed by atoms with Crippen LogP contribution in [0.2, 0.25) is 0 Å². The minimum atomic E-state index is -4.37. The van der Waals surface area contributed by atoms with Crippen LogP contribution in [0.5, 0.6) is 0 Å². The number of amides is 3. The van der Waals surface area contributed by atoms with Gasteiger partial charge in [0.1, 0.15) is 46.3 Å². The highest BCUT2D eigenvalue weighted by Gasteiger charge is 2.46. The van der Waals surface area contributed by atoms with Gasteiger partial charge in [0.2, 0.25) is 17.5 Å². The number of nitrogens with zero attached hydrogens (tertiary/aromatic N) is 5. The number of pyridine rings is 1. The number of para-hydroxylation sites is 2. The average Bonchev–Trinajstić information content (AvgIpc) is 3.71. The van der Waals surface area contributed by atoms with Crippen LogP contribution in [-0.4, -0.2) is 140 Å². The van der Waals surface area contributed by atoms with Gasteiger partial charge in [-0.15, -0.1) is 0 Å². The predicted octanol–water partition coefficient (Wildman–Crippen LogP) is 7.86. The van der Waals surface area contributed by atoms with E-state index in [2.05, 4.69) is 122 Å². The molecule has 14 nitrogen and oxygen atoms in total. The van der Waals surface area contributed by atoms with E-state index in [-0.39, 0.29) is 49.9 Å². The minimum absolute atomic E-state index is 0. The van der Waals surface area contributed by atoms with Crippen LogP contribution in [-0.2, 0) is 37.0 Å². The fourth-order valence-corrected chi connectivity index (χ4v) is 11.7. The molecule has 3 saturated heterocycles. The third-order valence-electron chi connectivity index (χ3n) is 15.9. The SMILES string of the molecule is C.C[N+]1=C(C=CC(=CC=C2N(CCCS(=O)(=O)[O-])c3ccccc3C2(C)C)c2ccc(C(=O)NCCCCCC(=O)NCC(=O)Nc3ccc(CC[N+]45CC[N+](C)(CC4)CC5)cc3)cn2)C(C)(C)c2ccccc21. The summed E-state index contributed by atoms with van der Waals surface area (Å²) in [5.74, 6) is -1.15. The van der Waals surface area contributed by atoms with Crippen molar-refractivity contribution < 1.29 is 40.9 Å². The molecule has 0 spiro atoms. The second kappa shape index (κ2) is 23.1. The van der Waals surface area contributed by atoms with Gasteiger partial charge in [0, 0.05) is 83.6 Å². The number of anilines is 2. The first-order valence-electron chi connectivity index (χ1n) is 26.0. The summed E-state index contributed by atoms with van der Waals surface area (Å²) in [6.45, 7) is 18.2. The lowest BCUT2D eigenvalue weighted by molar-refractivity contribution is -1.07. The van der Waals surface area contributed by atoms with Crippen molar-refractivity contribution in [1.82, 2.24) is 15.6 Å². The van der Waals surface area contributed by atoms with Crippen LogP contribution >= 0.6 is 0 Å². The fourth-order valence-electron chi connectivity index (χ4n) is 11.2. The number of allylic oxidation sites excluding steroid dienone is 6. The van der Waals surface area contributed by atoms with E-state index in [1.165, 1.54) is 59.4 Å². The van der Waals surface area contributed by atoms with Crippen LogP contribution in [0.4, 0.5) is 17.1 Å². The normalized spacial score (nSPS) is 21.1. The Labute approximate surface area is 439 Å². The van der Waals surface area contributed by atoms with Gasteiger partial charge in [0.25, 0.3) is 5.91 Å². The second-order valence-electron chi connectivity index (χ2n) is 21.8. The Kier molecular flexibility index (Phi) is 17.3. The Bertz CT molecular complexity index is 2910. The molecule has 3 fully saturated rings. The van der Waals surface area contributed by atoms with Crippen LogP contribution in [0.25, 0.3) is 5.57 Å². The smallest absolute Gasteiger partial charge is 0.252 e. The number of quaternary nitrogens is 2. The summed E-state index contributed by atoms with van der Waals surface area (Å²) < 4.78 is 39.4. The lowest BCUT2D eigenvalue weighted by Gasteiger charge is -2.54. The number of nitrogens with one attached hydrogen (secondary N) is 3. The number of rotatable bonds is 21. The zero-order valence-corrected chi connectivity index (χ0v) is 44.4. The van der Waals surface area contributed by atoms with Crippen molar-refractivity contribution in [3.63, 3.8) is 0 Å². The molecule has 3 N–H and O–H groups in total. The Hall–Kier alpha value is -6.26. The molecular weight excluding hydrogens is 949 g/mol. The monoisotopic (exact) mass is 1030 g/mol. The van der Waals surface area contributed by atoms with Crippen molar-refractivity contribution in [2.45, 2.75) is 84.5 Å². The van der Waals surface area contributed by atoms with Crippen molar-refractivity contribution in [3.05, 3.63) is 149 Å². The molecule has 15 heteroatoms. The van der Waals surface area contributed by atoms with Gasteiger partial charge in [-0.05, 0) is 86.7 Å². The molecule has 3 amide bonds. The van der Waals surface area contributed by atoms with Crippen LogP contribution in [0, 0.1) is 0 Å². The third kappa shape index (κ3) is 13.0. The molecule has 0 radical (unpaired) electrons. The molecule has 0 saturated carbocycles. The Morgan fingerprint density at radius 2 is 1.50 bits per heavy atom. The van der Waals surface area contributed by atoms with E-state index in [4.69, 9.17) is 4.98 Å². The summed E-state index contributed by atoms with van der Waals surface area (Å²) in [7, 11) is 0.0849. The van der Waals surface area contributed by atoms with Crippen molar-refractivity contribution in [1.29, 1.82) is 0 Å². The Balaban J connectivity index is 0.00000800. The predicted molar refractivity (Wildman–Crippen MR) is 296 cm³/mol. The first-order valence-corrected chi connectivity index (χ1v) is 27.5. The number of likely N-dealkylation sites (N-methyl/N-ethyl adjacent to an activating group) is 1. The first kappa shape index (κ1) is 55.5. The number of carbonyl (C=O) groups excluding carboxylic acids is 3. The summed E-state index contributed by atoms with van der Waals surface area (Å²) in [4.78, 5) is 45.4. The number of carbonyl (C=O) groups is 3. The molecule has 0 unspecified atom stereocenters. The summed E-state index contributed by atoms with van der Waals surface area (Å²) >= 11 is 0. The maximum Gasteiger partial charge on any atom is 0.252 e. The molecule has 3 aromatic carbocycles. The van der Waals surface area contributed by atoms with E-state index in [1.807, 2.05) is 48.5 Å². The highest BCUT2D eigenvalue weighted by Crippen LogP contribution is 2.48. The molecular formula is C59H78N8O6S+2. The van der Waals surface area contributed by atoms with Gasteiger partial charge in [-0.2, -0.15) is 4.58 Å². The van der Waals surface area contributed by atoms with E-state index >= 15 is 0 Å². The van der Waals surface area contributed by atoms with Crippen molar-refractivity contribution in [2.75, 3.05) is 95.5 Å².